The second-order valence-corrected chi connectivity index (χ2v) is 4.80. The van der Waals surface area contributed by atoms with Crippen LogP contribution < -0.4 is 16.2 Å². The number of rotatable bonds is 1. The summed E-state index contributed by atoms with van der Waals surface area (Å²) in [5.41, 5.74) is 8.53. The van der Waals surface area contributed by atoms with Crippen LogP contribution in [0.5, 0.6) is 11.5 Å². The molecule has 0 atom stereocenters. The number of alkyl halides is 6. The van der Waals surface area contributed by atoms with Crippen molar-refractivity contribution in [2.75, 3.05) is 18.6 Å². The Morgan fingerprint density at radius 1 is 0.760 bits per heavy atom. The smallest absolute Gasteiger partial charge is 0.416 e. The second kappa shape index (κ2) is 7.41. The molecule has 0 aliphatic rings. The molecule has 0 fully saturated rings. The largest absolute Gasteiger partial charge is 0.508 e. The molecule has 2 aromatic rings. The number of phenols is 1. The Kier molecular flexibility index (Phi) is 6.01. The van der Waals surface area contributed by atoms with E-state index in [-0.39, 0.29) is 17.1 Å². The van der Waals surface area contributed by atoms with Crippen molar-refractivity contribution in [3.63, 3.8) is 0 Å². The number of nitrogen functional groups attached to an aromatic ring is 2. The van der Waals surface area contributed by atoms with E-state index in [2.05, 4.69) is 4.74 Å². The van der Waals surface area contributed by atoms with E-state index in [1.165, 1.54) is 13.2 Å². The molecule has 0 aliphatic carbocycles. The maximum absolute atomic E-state index is 12.2. The van der Waals surface area contributed by atoms with Gasteiger partial charge >= 0.3 is 12.4 Å². The number of hydrogen-bond acceptors (Lipinski definition) is 4. The molecular formula is C15H14F6N2O2. The molecule has 0 spiro atoms. The number of benzene rings is 2. The summed E-state index contributed by atoms with van der Waals surface area (Å²) in [5.74, 6) is -0.380. The van der Waals surface area contributed by atoms with Crippen molar-refractivity contribution in [2.24, 2.45) is 0 Å². The monoisotopic (exact) mass is 368 g/mol. The van der Waals surface area contributed by atoms with Crippen molar-refractivity contribution in [3.8, 4) is 11.5 Å². The van der Waals surface area contributed by atoms with Crippen molar-refractivity contribution in [1.29, 1.82) is 0 Å². The average molecular weight is 368 g/mol. The van der Waals surface area contributed by atoms with Gasteiger partial charge in [-0.2, -0.15) is 26.3 Å². The second-order valence-electron chi connectivity index (χ2n) is 4.80. The quantitative estimate of drug-likeness (QED) is 0.518. The first-order valence-electron chi connectivity index (χ1n) is 6.51. The van der Waals surface area contributed by atoms with E-state index in [4.69, 9.17) is 16.6 Å². The van der Waals surface area contributed by atoms with E-state index in [0.29, 0.717) is 6.07 Å². The summed E-state index contributed by atoms with van der Waals surface area (Å²) < 4.78 is 77.1. The van der Waals surface area contributed by atoms with E-state index in [9.17, 15) is 26.3 Å². The van der Waals surface area contributed by atoms with Crippen LogP contribution in [0.3, 0.4) is 0 Å². The van der Waals surface area contributed by atoms with Crippen LogP contribution in [0.2, 0.25) is 0 Å². The number of hydrogen-bond donors (Lipinski definition) is 3. The Bertz CT molecular complexity index is 709. The highest BCUT2D eigenvalue weighted by Gasteiger charge is 2.31. The molecule has 138 valence electrons. The summed E-state index contributed by atoms with van der Waals surface area (Å²) in [7, 11) is 1.29. The summed E-state index contributed by atoms with van der Waals surface area (Å²) in [6.07, 6.45) is -8.85. The molecule has 0 saturated carbocycles. The molecular weight excluding hydrogens is 354 g/mol. The summed E-state index contributed by atoms with van der Waals surface area (Å²) >= 11 is 0. The standard InChI is InChI=1S/C8H8F3NO.C7H6F3NO/c1-13-7-3-5(8(9,10)11)2-6(12)4-7;8-7(9,10)4-1-5(11)3-6(12)2-4/h2-4H,12H2,1H3;1-3,12H,11H2. The van der Waals surface area contributed by atoms with E-state index in [0.717, 1.165) is 24.3 Å². The van der Waals surface area contributed by atoms with Crippen molar-refractivity contribution < 1.29 is 36.2 Å². The van der Waals surface area contributed by atoms with Gasteiger partial charge in [0.1, 0.15) is 11.5 Å². The van der Waals surface area contributed by atoms with Gasteiger partial charge in [-0.25, -0.2) is 0 Å². The van der Waals surface area contributed by atoms with Gasteiger partial charge in [0.15, 0.2) is 0 Å². The fourth-order valence-electron chi connectivity index (χ4n) is 1.70. The van der Waals surface area contributed by atoms with Gasteiger partial charge < -0.3 is 21.3 Å². The van der Waals surface area contributed by atoms with Crippen LogP contribution in [0.1, 0.15) is 11.1 Å². The molecule has 2 rings (SSSR count). The van der Waals surface area contributed by atoms with Crippen LogP contribution in [0.4, 0.5) is 37.7 Å². The van der Waals surface area contributed by atoms with Crippen LogP contribution in [0.25, 0.3) is 0 Å². The zero-order valence-corrected chi connectivity index (χ0v) is 12.7. The van der Waals surface area contributed by atoms with Gasteiger partial charge in [0.05, 0.1) is 18.2 Å². The highest BCUT2D eigenvalue weighted by atomic mass is 19.4. The van der Waals surface area contributed by atoms with E-state index < -0.39 is 29.2 Å². The number of anilines is 2. The lowest BCUT2D eigenvalue weighted by Gasteiger charge is -2.09. The Hall–Kier alpha value is -2.78. The Morgan fingerprint density at radius 3 is 1.60 bits per heavy atom. The molecule has 0 unspecified atom stereocenters. The first-order chi connectivity index (χ1) is 11.3. The molecule has 0 aromatic heterocycles. The molecule has 0 saturated heterocycles. The maximum atomic E-state index is 12.2. The highest BCUT2D eigenvalue weighted by Crippen LogP contribution is 2.33. The van der Waals surface area contributed by atoms with Crippen LogP contribution in [-0.2, 0) is 12.4 Å². The lowest BCUT2D eigenvalue weighted by Crippen LogP contribution is -2.06. The van der Waals surface area contributed by atoms with Crippen LogP contribution in [0, 0.1) is 0 Å². The third-order valence-electron chi connectivity index (χ3n) is 2.76. The van der Waals surface area contributed by atoms with Crippen molar-refractivity contribution in [2.45, 2.75) is 12.4 Å². The number of phenolic OH excluding ortho intramolecular Hbond substituents is 1. The van der Waals surface area contributed by atoms with Crippen LogP contribution in [0.15, 0.2) is 36.4 Å². The van der Waals surface area contributed by atoms with Gasteiger partial charge in [-0.05, 0) is 24.3 Å². The van der Waals surface area contributed by atoms with Crippen molar-refractivity contribution in [1.82, 2.24) is 0 Å². The number of methoxy groups -OCH3 is 1. The van der Waals surface area contributed by atoms with Crippen molar-refractivity contribution >= 4 is 11.4 Å². The number of ether oxygens (including phenoxy) is 1. The minimum Gasteiger partial charge on any atom is -0.508 e. The molecule has 10 heteroatoms. The molecule has 4 nitrogen and oxygen atoms in total. The number of nitrogens with two attached hydrogens (primary N) is 2. The first kappa shape index (κ1) is 20.3. The maximum Gasteiger partial charge on any atom is 0.416 e. The Morgan fingerprint density at radius 2 is 1.20 bits per heavy atom. The summed E-state index contributed by atoms with van der Waals surface area (Å²) in [6, 6.07) is 5.53. The van der Waals surface area contributed by atoms with Gasteiger partial charge in [0, 0.05) is 23.5 Å². The van der Waals surface area contributed by atoms with Crippen molar-refractivity contribution in [3.05, 3.63) is 47.5 Å². The lowest BCUT2D eigenvalue weighted by molar-refractivity contribution is -0.138. The third kappa shape index (κ3) is 6.32. The molecule has 5 N–H and O–H groups in total. The fourth-order valence-corrected chi connectivity index (χ4v) is 1.70. The average Bonchev–Trinajstić information content (AvgIpc) is 2.44. The molecule has 0 bridgehead atoms. The SMILES string of the molecule is COc1cc(N)cc(C(F)(F)F)c1.Nc1cc(O)cc(C(F)(F)F)c1. The summed E-state index contributed by atoms with van der Waals surface area (Å²) in [5, 5.41) is 8.78. The predicted octanol–water partition coefficient (Wildman–Crippen LogP) is 4.29. The number of aromatic hydroxyl groups is 1. The Labute approximate surface area is 138 Å². The Balaban J connectivity index is 0.000000251. The third-order valence-corrected chi connectivity index (χ3v) is 2.76. The summed E-state index contributed by atoms with van der Waals surface area (Å²) in [4.78, 5) is 0. The molecule has 25 heavy (non-hydrogen) atoms. The zero-order valence-electron chi connectivity index (χ0n) is 12.7. The minimum atomic E-state index is -4.47. The van der Waals surface area contributed by atoms with Gasteiger partial charge in [0.25, 0.3) is 0 Å². The molecule has 0 heterocycles. The van der Waals surface area contributed by atoms with E-state index in [1.54, 1.807) is 0 Å². The topological polar surface area (TPSA) is 81.5 Å². The molecule has 2 aromatic carbocycles. The molecule has 0 aliphatic heterocycles. The van der Waals surface area contributed by atoms with Crippen LogP contribution >= 0.6 is 0 Å². The zero-order chi connectivity index (χ0) is 19.4. The minimum absolute atomic E-state index is 0.0340. The van der Waals surface area contributed by atoms with Crippen LogP contribution in [-0.4, -0.2) is 12.2 Å². The van der Waals surface area contributed by atoms with Gasteiger partial charge in [-0.1, -0.05) is 0 Å². The van der Waals surface area contributed by atoms with E-state index >= 15 is 0 Å². The fraction of sp³-hybridized carbons (Fsp3) is 0.200. The van der Waals surface area contributed by atoms with E-state index in [1.807, 2.05) is 0 Å². The van der Waals surface area contributed by atoms with Gasteiger partial charge in [-0.3, -0.25) is 0 Å². The number of halogens is 6. The molecule has 0 radical (unpaired) electrons. The van der Waals surface area contributed by atoms with Gasteiger partial charge in [-0.15, -0.1) is 0 Å². The van der Waals surface area contributed by atoms with Gasteiger partial charge in [0.2, 0.25) is 0 Å². The highest BCUT2D eigenvalue weighted by molar-refractivity contribution is 5.48. The molecule has 0 amide bonds. The normalized spacial score (nSPS) is 11.5. The predicted molar refractivity (Wildman–Crippen MR) is 79.9 cm³/mol. The lowest BCUT2D eigenvalue weighted by atomic mass is 10.2. The summed E-state index contributed by atoms with van der Waals surface area (Å²) in [6.45, 7) is 0. The first-order valence-corrected chi connectivity index (χ1v) is 6.51.